The number of hydrogen-bond acceptors (Lipinski definition) is 4. The zero-order valence-electron chi connectivity index (χ0n) is 10.1. The van der Waals surface area contributed by atoms with E-state index in [0.29, 0.717) is 12.1 Å². The molecule has 0 aliphatic carbocycles. The first-order chi connectivity index (χ1) is 8.58. The molecule has 0 spiro atoms. The van der Waals surface area contributed by atoms with Gasteiger partial charge in [0.1, 0.15) is 5.25 Å². The molecule has 0 aromatic heterocycles. The second kappa shape index (κ2) is 5.44. The smallest absolute Gasteiger partial charge is 0.318 e. The van der Waals surface area contributed by atoms with Crippen molar-refractivity contribution in [2.75, 3.05) is 23.7 Å². The number of ketones is 1. The maximum atomic E-state index is 11.2. The number of carboxylic acid groups (broad SMARTS) is 1. The molecule has 0 amide bonds. The average molecular weight is 265 g/mol. The highest BCUT2D eigenvalue weighted by Crippen LogP contribution is 2.24. The van der Waals surface area contributed by atoms with E-state index in [0.717, 1.165) is 18.0 Å². The molecule has 1 atom stereocenters. The van der Waals surface area contributed by atoms with E-state index < -0.39 is 5.97 Å². The van der Waals surface area contributed by atoms with Crippen LogP contribution < -0.4 is 4.90 Å². The van der Waals surface area contributed by atoms with Gasteiger partial charge in [0.05, 0.1) is 0 Å². The largest absolute Gasteiger partial charge is 0.480 e. The first-order valence-corrected chi connectivity index (χ1v) is 6.83. The Bertz CT molecular complexity index is 458. The molecule has 1 N–H and O–H groups in total. The van der Waals surface area contributed by atoms with Crippen molar-refractivity contribution in [2.24, 2.45) is 0 Å². The summed E-state index contributed by atoms with van der Waals surface area (Å²) in [5.74, 6) is 0.0926. The molecule has 0 bridgehead atoms. The average Bonchev–Trinajstić information content (AvgIpc) is 2.39. The number of rotatable bonds is 3. The number of Topliss-reactive ketones (excluding diaryl/α,β-unsaturated/α-hetero) is 1. The van der Waals surface area contributed by atoms with E-state index in [1.54, 1.807) is 12.1 Å². The number of thioether (sulfide) groups is 1. The van der Waals surface area contributed by atoms with E-state index in [9.17, 15) is 9.59 Å². The number of anilines is 1. The van der Waals surface area contributed by atoms with Crippen LogP contribution in [0.25, 0.3) is 0 Å². The van der Waals surface area contributed by atoms with E-state index >= 15 is 0 Å². The van der Waals surface area contributed by atoms with Crippen molar-refractivity contribution in [1.82, 2.24) is 0 Å². The maximum absolute atomic E-state index is 11.2. The molecule has 1 aliphatic rings. The summed E-state index contributed by atoms with van der Waals surface area (Å²) < 4.78 is 0. The Kier molecular flexibility index (Phi) is 3.91. The predicted molar refractivity (Wildman–Crippen MR) is 72.5 cm³/mol. The third-order valence-corrected chi connectivity index (χ3v) is 4.15. The van der Waals surface area contributed by atoms with Crippen LogP contribution in [-0.4, -0.2) is 41.0 Å². The molecule has 5 heteroatoms. The second-order valence-corrected chi connectivity index (χ2v) is 5.56. The normalized spacial score (nSPS) is 19.6. The molecule has 1 aliphatic heterocycles. The highest BCUT2D eigenvalue weighted by atomic mass is 32.2. The van der Waals surface area contributed by atoms with Gasteiger partial charge in [0.15, 0.2) is 5.78 Å². The summed E-state index contributed by atoms with van der Waals surface area (Å²) in [6.45, 7) is 2.89. The third-order valence-electron chi connectivity index (χ3n) is 2.98. The molecule has 18 heavy (non-hydrogen) atoms. The lowest BCUT2D eigenvalue weighted by Crippen LogP contribution is -2.41. The summed E-state index contributed by atoms with van der Waals surface area (Å²) in [5.41, 5.74) is 1.66. The Morgan fingerprint density at radius 2 is 2.00 bits per heavy atom. The standard InChI is InChI=1S/C13H15NO3S/c1-9(15)10-2-4-11(5-3-10)14-6-7-18-12(8-14)13(16)17/h2-5,12H,6-8H2,1H3,(H,16,17). The molecule has 4 nitrogen and oxygen atoms in total. The van der Waals surface area contributed by atoms with Crippen LogP contribution in [0.5, 0.6) is 0 Å². The van der Waals surface area contributed by atoms with Crippen molar-refractivity contribution in [3.05, 3.63) is 29.8 Å². The zero-order chi connectivity index (χ0) is 13.1. The number of hydrogen-bond donors (Lipinski definition) is 1. The number of carboxylic acids is 1. The van der Waals surface area contributed by atoms with Gasteiger partial charge in [-0.1, -0.05) is 0 Å². The molecule has 2 rings (SSSR count). The van der Waals surface area contributed by atoms with Gasteiger partial charge in [0.25, 0.3) is 0 Å². The van der Waals surface area contributed by atoms with Crippen LogP contribution in [0.1, 0.15) is 17.3 Å². The fourth-order valence-corrected chi connectivity index (χ4v) is 2.98. The fourth-order valence-electron chi connectivity index (χ4n) is 1.94. The molecule has 1 heterocycles. The molecular weight excluding hydrogens is 250 g/mol. The molecule has 96 valence electrons. The summed E-state index contributed by atoms with van der Waals surface area (Å²) in [6.07, 6.45) is 0. The van der Waals surface area contributed by atoms with Crippen molar-refractivity contribution < 1.29 is 14.7 Å². The Morgan fingerprint density at radius 1 is 1.33 bits per heavy atom. The van der Waals surface area contributed by atoms with Gasteiger partial charge in [-0.15, -0.1) is 11.8 Å². The number of carbonyl (C=O) groups is 2. The molecule has 1 unspecified atom stereocenters. The summed E-state index contributed by atoms with van der Waals surface area (Å²) >= 11 is 1.48. The predicted octanol–water partition coefficient (Wildman–Crippen LogP) is 1.90. The van der Waals surface area contributed by atoms with Crippen LogP contribution >= 0.6 is 11.8 Å². The Morgan fingerprint density at radius 3 is 2.56 bits per heavy atom. The fraction of sp³-hybridized carbons (Fsp3) is 0.385. The van der Waals surface area contributed by atoms with Crippen molar-refractivity contribution in [3.8, 4) is 0 Å². The van der Waals surface area contributed by atoms with E-state index in [2.05, 4.69) is 4.90 Å². The van der Waals surface area contributed by atoms with Gasteiger partial charge in [-0.3, -0.25) is 9.59 Å². The van der Waals surface area contributed by atoms with E-state index in [-0.39, 0.29) is 11.0 Å². The molecule has 1 aromatic carbocycles. The van der Waals surface area contributed by atoms with Crippen LogP contribution in [0.4, 0.5) is 5.69 Å². The monoisotopic (exact) mass is 265 g/mol. The first kappa shape index (κ1) is 13.0. The van der Waals surface area contributed by atoms with Crippen LogP contribution in [0.15, 0.2) is 24.3 Å². The summed E-state index contributed by atoms with van der Waals surface area (Å²) in [7, 11) is 0. The number of benzene rings is 1. The van der Waals surface area contributed by atoms with E-state index in [1.165, 1.54) is 18.7 Å². The molecule has 0 saturated carbocycles. The minimum atomic E-state index is -0.759. The maximum Gasteiger partial charge on any atom is 0.318 e. The van der Waals surface area contributed by atoms with Gasteiger partial charge in [-0.05, 0) is 31.2 Å². The lowest BCUT2D eigenvalue weighted by atomic mass is 10.1. The van der Waals surface area contributed by atoms with Gasteiger partial charge in [-0.2, -0.15) is 0 Å². The minimum Gasteiger partial charge on any atom is -0.480 e. The summed E-state index contributed by atoms with van der Waals surface area (Å²) in [6, 6.07) is 7.33. The summed E-state index contributed by atoms with van der Waals surface area (Å²) in [4.78, 5) is 24.2. The van der Waals surface area contributed by atoms with Crippen molar-refractivity contribution >= 4 is 29.2 Å². The van der Waals surface area contributed by atoms with Gasteiger partial charge >= 0.3 is 5.97 Å². The Labute approximate surface area is 110 Å². The number of carbonyl (C=O) groups excluding carboxylic acids is 1. The van der Waals surface area contributed by atoms with Crippen molar-refractivity contribution in [2.45, 2.75) is 12.2 Å². The highest BCUT2D eigenvalue weighted by molar-refractivity contribution is 8.00. The molecular formula is C13H15NO3S. The van der Waals surface area contributed by atoms with Gasteiger partial charge in [0.2, 0.25) is 0 Å². The molecule has 1 aromatic rings. The molecule has 1 saturated heterocycles. The van der Waals surface area contributed by atoms with E-state index in [1.807, 2.05) is 12.1 Å². The number of aliphatic carboxylic acids is 1. The third kappa shape index (κ3) is 2.85. The first-order valence-electron chi connectivity index (χ1n) is 5.78. The van der Waals surface area contributed by atoms with Crippen LogP contribution in [0.3, 0.4) is 0 Å². The van der Waals surface area contributed by atoms with Crippen LogP contribution in [0, 0.1) is 0 Å². The van der Waals surface area contributed by atoms with Gasteiger partial charge in [0, 0.05) is 30.1 Å². The Hall–Kier alpha value is -1.49. The minimum absolute atomic E-state index is 0.0409. The topological polar surface area (TPSA) is 57.6 Å². The zero-order valence-corrected chi connectivity index (χ0v) is 10.9. The number of nitrogens with zero attached hydrogens (tertiary/aromatic N) is 1. The SMILES string of the molecule is CC(=O)c1ccc(N2CCSC(C(=O)O)C2)cc1. The van der Waals surface area contributed by atoms with E-state index in [4.69, 9.17) is 5.11 Å². The highest BCUT2D eigenvalue weighted by Gasteiger charge is 2.26. The summed E-state index contributed by atoms with van der Waals surface area (Å²) in [5, 5.41) is 8.66. The quantitative estimate of drug-likeness (QED) is 0.846. The van der Waals surface area contributed by atoms with Gasteiger partial charge in [-0.25, -0.2) is 0 Å². The molecule has 0 radical (unpaired) electrons. The van der Waals surface area contributed by atoms with Crippen LogP contribution in [0.2, 0.25) is 0 Å². The lowest BCUT2D eigenvalue weighted by molar-refractivity contribution is -0.136. The molecule has 1 fully saturated rings. The van der Waals surface area contributed by atoms with Crippen molar-refractivity contribution in [3.63, 3.8) is 0 Å². The lowest BCUT2D eigenvalue weighted by Gasteiger charge is -2.32. The second-order valence-electron chi connectivity index (χ2n) is 4.25. The Balaban J connectivity index is 2.11. The van der Waals surface area contributed by atoms with Crippen molar-refractivity contribution in [1.29, 1.82) is 0 Å². The van der Waals surface area contributed by atoms with Gasteiger partial charge < -0.3 is 10.0 Å². The van der Waals surface area contributed by atoms with Crippen LogP contribution in [-0.2, 0) is 4.79 Å².